The van der Waals surface area contributed by atoms with Crippen LogP contribution in [0.3, 0.4) is 0 Å². The smallest absolute Gasteiger partial charge is 0.323 e. The summed E-state index contributed by atoms with van der Waals surface area (Å²) in [5.41, 5.74) is 0.511. The molecular formula is C11H13BrN2O4. The number of aliphatic carboxylic acids is 1. The van der Waals surface area contributed by atoms with E-state index in [0.29, 0.717) is 15.9 Å². The molecule has 0 aliphatic rings. The first-order chi connectivity index (χ1) is 8.43. The average molecular weight is 317 g/mol. The standard InChI is InChI=1S/C11H13BrN2O4/c1-14(6-10(15)16)11(17)13-9-5-7(18-2)3-4-8(9)12/h3-5H,6H2,1-2H3,(H,13,17)(H,15,16). The molecule has 0 unspecified atom stereocenters. The van der Waals surface area contributed by atoms with Gasteiger partial charge in [0, 0.05) is 17.6 Å². The Kier molecular flexibility index (Phi) is 4.96. The Morgan fingerprint density at radius 3 is 2.72 bits per heavy atom. The number of carbonyl (C=O) groups excluding carboxylic acids is 1. The van der Waals surface area contributed by atoms with Gasteiger partial charge in [-0.15, -0.1) is 0 Å². The van der Waals surface area contributed by atoms with E-state index in [-0.39, 0.29) is 6.54 Å². The number of carbonyl (C=O) groups is 2. The molecule has 0 saturated heterocycles. The zero-order valence-corrected chi connectivity index (χ0v) is 11.5. The van der Waals surface area contributed by atoms with Crippen LogP contribution in [-0.4, -0.2) is 42.7 Å². The molecule has 2 amide bonds. The topological polar surface area (TPSA) is 78.9 Å². The minimum atomic E-state index is -1.07. The molecule has 18 heavy (non-hydrogen) atoms. The van der Waals surface area contributed by atoms with Crippen molar-refractivity contribution >= 4 is 33.6 Å². The predicted molar refractivity (Wildman–Crippen MR) is 70.0 cm³/mol. The number of anilines is 1. The van der Waals surface area contributed by atoms with Crippen molar-refractivity contribution in [3.05, 3.63) is 22.7 Å². The normalized spacial score (nSPS) is 9.72. The third kappa shape index (κ3) is 3.92. The van der Waals surface area contributed by atoms with Gasteiger partial charge in [0.05, 0.1) is 12.8 Å². The molecule has 1 aromatic rings. The molecule has 0 radical (unpaired) electrons. The summed E-state index contributed by atoms with van der Waals surface area (Å²) in [4.78, 5) is 23.2. The molecule has 0 saturated carbocycles. The highest BCUT2D eigenvalue weighted by Gasteiger charge is 2.13. The molecule has 7 heteroatoms. The van der Waals surface area contributed by atoms with Crippen molar-refractivity contribution in [2.24, 2.45) is 0 Å². The molecular weight excluding hydrogens is 304 g/mol. The molecule has 0 aromatic heterocycles. The Balaban J connectivity index is 2.77. The van der Waals surface area contributed by atoms with E-state index in [9.17, 15) is 9.59 Å². The molecule has 2 N–H and O–H groups in total. The van der Waals surface area contributed by atoms with E-state index >= 15 is 0 Å². The van der Waals surface area contributed by atoms with Crippen LogP contribution in [0.1, 0.15) is 0 Å². The fourth-order valence-electron chi connectivity index (χ4n) is 1.21. The maximum atomic E-state index is 11.7. The van der Waals surface area contributed by atoms with Gasteiger partial charge in [-0.05, 0) is 28.1 Å². The lowest BCUT2D eigenvalue weighted by atomic mass is 10.3. The van der Waals surface area contributed by atoms with Crippen LogP contribution in [0.5, 0.6) is 5.75 Å². The van der Waals surface area contributed by atoms with E-state index in [2.05, 4.69) is 21.2 Å². The maximum Gasteiger partial charge on any atom is 0.323 e. The number of ether oxygens (including phenoxy) is 1. The molecule has 0 aliphatic heterocycles. The lowest BCUT2D eigenvalue weighted by Gasteiger charge is -2.16. The summed E-state index contributed by atoms with van der Waals surface area (Å²) in [6.07, 6.45) is 0. The summed E-state index contributed by atoms with van der Waals surface area (Å²) in [5, 5.41) is 11.2. The number of likely N-dealkylation sites (N-methyl/N-ethyl adjacent to an activating group) is 1. The number of methoxy groups -OCH3 is 1. The number of hydrogen-bond donors (Lipinski definition) is 2. The summed E-state index contributed by atoms with van der Waals surface area (Å²) in [5.74, 6) is -0.480. The van der Waals surface area contributed by atoms with Gasteiger partial charge in [-0.2, -0.15) is 0 Å². The third-order valence-electron chi connectivity index (χ3n) is 2.13. The molecule has 0 bridgehead atoms. The van der Waals surface area contributed by atoms with Gasteiger partial charge in [0.25, 0.3) is 0 Å². The van der Waals surface area contributed by atoms with Gasteiger partial charge < -0.3 is 20.1 Å². The van der Waals surface area contributed by atoms with E-state index < -0.39 is 12.0 Å². The van der Waals surface area contributed by atoms with Crippen molar-refractivity contribution in [3.8, 4) is 5.75 Å². The van der Waals surface area contributed by atoms with Crippen LogP contribution in [0.2, 0.25) is 0 Å². The molecule has 6 nitrogen and oxygen atoms in total. The second-order valence-electron chi connectivity index (χ2n) is 3.53. The Morgan fingerprint density at radius 2 is 2.17 bits per heavy atom. The number of benzene rings is 1. The molecule has 0 spiro atoms. The van der Waals surface area contributed by atoms with E-state index in [4.69, 9.17) is 9.84 Å². The molecule has 1 rings (SSSR count). The van der Waals surface area contributed by atoms with E-state index in [1.807, 2.05) is 0 Å². The highest BCUT2D eigenvalue weighted by molar-refractivity contribution is 9.10. The highest BCUT2D eigenvalue weighted by Crippen LogP contribution is 2.27. The molecule has 1 aromatic carbocycles. The Bertz CT molecular complexity index is 464. The van der Waals surface area contributed by atoms with Gasteiger partial charge in [0.2, 0.25) is 0 Å². The Labute approximate surface area is 113 Å². The number of nitrogens with zero attached hydrogens (tertiary/aromatic N) is 1. The molecule has 0 fully saturated rings. The Hall–Kier alpha value is -1.76. The van der Waals surface area contributed by atoms with Crippen LogP contribution in [0, 0.1) is 0 Å². The second kappa shape index (κ2) is 6.25. The fraction of sp³-hybridized carbons (Fsp3) is 0.273. The summed E-state index contributed by atoms with van der Waals surface area (Å²) >= 11 is 3.28. The number of hydrogen-bond acceptors (Lipinski definition) is 3. The summed E-state index contributed by atoms with van der Waals surface area (Å²) in [6.45, 7) is -0.368. The van der Waals surface area contributed by atoms with E-state index in [0.717, 1.165) is 4.90 Å². The summed E-state index contributed by atoms with van der Waals surface area (Å²) in [6, 6.07) is 4.59. The first-order valence-corrected chi connectivity index (χ1v) is 5.80. The minimum Gasteiger partial charge on any atom is -0.497 e. The summed E-state index contributed by atoms with van der Waals surface area (Å²) < 4.78 is 5.72. The van der Waals surface area contributed by atoms with Crippen molar-refractivity contribution in [1.29, 1.82) is 0 Å². The Morgan fingerprint density at radius 1 is 1.50 bits per heavy atom. The van der Waals surface area contributed by atoms with Gasteiger partial charge >= 0.3 is 12.0 Å². The molecule has 0 heterocycles. The molecule has 0 aliphatic carbocycles. The quantitative estimate of drug-likeness (QED) is 0.890. The lowest BCUT2D eigenvalue weighted by Crippen LogP contribution is -2.35. The number of rotatable bonds is 4. The number of urea groups is 1. The van der Waals surface area contributed by atoms with Gasteiger partial charge in [0.15, 0.2) is 0 Å². The van der Waals surface area contributed by atoms with Gasteiger partial charge in [0.1, 0.15) is 12.3 Å². The SMILES string of the molecule is COc1ccc(Br)c(NC(=O)N(C)CC(=O)O)c1. The van der Waals surface area contributed by atoms with Crippen LogP contribution >= 0.6 is 15.9 Å². The zero-order valence-electron chi connectivity index (χ0n) is 9.94. The van der Waals surface area contributed by atoms with Crippen LogP contribution < -0.4 is 10.1 Å². The minimum absolute atomic E-state index is 0.368. The van der Waals surface area contributed by atoms with Crippen molar-refractivity contribution in [2.45, 2.75) is 0 Å². The van der Waals surface area contributed by atoms with Crippen LogP contribution in [0.25, 0.3) is 0 Å². The van der Waals surface area contributed by atoms with E-state index in [1.165, 1.54) is 14.2 Å². The van der Waals surface area contributed by atoms with Gasteiger partial charge in [-0.1, -0.05) is 0 Å². The van der Waals surface area contributed by atoms with Gasteiger partial charge in [-0.3, -0.25) is 4.79 Å². The van der Waals surface area contributed by atoms with Crippen molar-refractivity contribution in [1.82, 2.24) is 4.90 Å². The molecule has 98 valence electrons. The zero-order chi connectivity index (χ0) is 13.7. The predicted octanol–water partition coefficient (Wildman–Crippen LogP) is 2.01. The first kappa shape index (κ1) is 14.3. The number of amides is 2. The van der Waals surface area contributed by atoms with Crippen LogP contribution in [0.4, 0.5) is 10.5 Å². The largest absolute Gasteiger partial charge is 0.497 e. The van der Waals surface area contributed by atoms with Crippen molar-refractivity contribution in [3.63, 3.8) is 0 Å². The van der Waals surface area contributed by atoms with Gasteiger partial charge in [-0.25, -0.2) is 4.79 Å². The first-order valence-electron chi connectivity index (χ1n) is 5.01. The molecule has 0 atom stereocenters. The fourth-order valence-corrected chi connectivity index (χ4v) is 1.56. The maximum absolute atomic E-state index is 11.7. The monoisotopic (exact) mass is 316 g/mol. The number of nitrogens with one attached hydrogen (secondary N) is 1. The van der Waals surface area contributed by atoms with E-state index in [1.54, 1.807) is 18.2 Å². The number of carboxylic acid groups (broad SMARTS) is 1. The van der Waals surface area contributed by atoms with Crippen LogP contribution in [0.15, 0.2) is 22.7 Å². The lowest BCUT2D eigenvalue weighted by molar-refractivity contribution is -0.137. The second-order valence-corrected chi connectivity index (χ2v) is 4.38. The number of halogens is 1. The average Bonchev–Trinajstić information content (AvgIpc) is 2.31. The number of carboxylic acids is 1. The van der Waals surface area contributed by atoms with Crippen molar-refractivity contribution in [2.75, 3.05) is 26.0 Å². The van der Waals surface area contributed by atoms with Crippen molar-refractivity contribution < 1.29 is 19.4 Å². The van der Waals surface area contributed by atoms with Crippen LogP contribution in [-0.2, 0) is 4.79 Å². The summed E-state index contributed by atoms with van der Waals surface area (Å²) in [7, 11) is 2.92. The highest BCUT2D eigenvalue weighted by atomic mass is 79.9. The third-order valence-corrected chi connectivity index (χ3v) is 2.83.